The Morgan fingerprint density at radius 3 is 3.14 bits per heavy atom. The summed E-state index contributed by atoms with van der Waals surface area (Å²) in [7, 11) is 0. The summed E-state index contributed by atoms with van der Waals surface area (Å²) >= 11 is 1.25. The zero-order chi connectivity index (χ0) is 10.4. The number of aromatic nitrogens is 2. The molecule has 2 N–H and O–H groups in total. The predicted octanol–water partition coefficient (Wildman–Crippen LogP) is 1.35. The molecule has 5 heteroatoms. The quantitative estimate of drug-likeness (QED) is 0.813. The molecule has 0 amide bonds. The van der Waals surface area contributed by atoms with Crippen molar-refractivity contribution < 1.29 is 4.79 Å². The number of anilines is 1. The van der Waals surface area contributed by atoms with Gasteiger partial charge in [0.25, 0.3) is 0 Å². The van der Waals surface area contributed by atoms with Gasteiger partial charge in [-0.3, -0.25) is 4.79 Å². The lowest BCUT2D eigenvalue weighted by atomic mass is 10.4. The standard InChI is InChI=1S/C9H11N3OS/c1-7(13)14-6-2-3-8-4-5-11-9(10)12-8/h2-5H,6H2,1H3,(H2,10,11,12). The van der Waals surface area contributed by atoms with E-state index in [2.05, 4.69) is 9.97 Å². The van der Waals surface area contributed by atoms with E-state index < -0.39 is 0 Å². The molecule has 0 aliphatic carbocycles. The van der Waals surface area contributed by atoms with Gasteiger partial charge in [-0.1, -0.05) is 17.8 Å². The van der Waals surface area contributed by atoms with E-state index in [1.165, 1.54) is 11.8 Å². The van der Waals surface area contributed by atoms with E-state index in [1.807, 2.05) is 12.2 Å². The summed E-state index contributed by atoms with van der Waals surface area (Å²) in [5.41, 5.74) is 6.15. The average molecular weight is 209 g/mol. The van der Waals surface area contributed by atoms with Crippen LogP contribution in [0.4, 0.5) is 5.95 Å². The van der Waals surface area contributed by atoms with Crippen molar-refractivity contribution in [3.05, 3.63) is 24.0 Å². The first-order chi connectivity index (χ1) is 6.68. The average Bonchev–Trinajstić information content (AvgIpc) is 2.12. The summed E-state index contributed by atoms with van der Waals surface area (Å²) in [5, 5.41) is 0.108. The van der Waals surface area contributed by atoms with Crippen molar-refractivity contribution in [3.63, 3.8) is 0 Å². The number of hydrogen-bond donors (Lipinski definition) is 1. The highest BCUT2D eigenvalue weighted by Gasteiger charge is 1.91. The highest BCUT2D eigenvalue weighted by atomic mass is 32.2. The third kappa shape index (κ3) is 4.04. The molecule has 0 saturated carbocycles. The fraction of sp³-hybridized carbons (Fsp3) is 0.222. The molecule has 0 bridgehead atoms. The maximum Gasteiger partial charge on any atom is 0.220 e. The first kappa shape index (κ1) is 10.7. The molecule has 14 heavy (non-hydrogen) atoms. The molecule has 1 heterocycles. The molecule has 74 valence electrons. The Kier molecular flexibility index (Phi) is 4.12. The maximum atomic E-state index is 10.6. The molecule has 1 rings (SSSR count). The lowest BCUT2D eigenvalue weighted by molar-refractivity contribution is -0.109. The zero-order valence-electron chi connectivity index (χ0n) is 7.80. The number of carbonyl (C=O) groups is 1. The number of thioether (sulfide) groups is 1. The largest absolute Gasteiger partial charge is 0.368 e. The van der Waals surface area contributed by atoms with Crippen LogP contribution < -0.4 is 5.73 Å². The van der Waals surface area contributed by atoms with Crippen LogP contribution in [0.15, 0.2) is 18.3 Å². The minimum atomic E-state index is 0.108. The van der Waals surface area contributed by atoms with Crippen molar-refractivity contribution in [2.24, 2.45) is 0 Å². The van der Waals surface area contributed by atoms with Gasteiger partial charge in [0.1, 0.15) is 0 Å². The lowest BCUT2D eigenvalue weighted by Crippen LogP contribution is -1.94. The van der Waals surface area contributed by atoms with E-state index in [0.29, 0.717) is 5.75 Å². The van der Waals surface area contributed by atoms with Gasteiger partial charge in [0.05, 0.1) is 5.69 Å². The van der Waals surface area contributed by atoms with Crippen molar-refractivity contribution >= 4 is 28.9 Å². The van der Waals surface area contributed by atoms with Crippen LogP contribution in [0.5, 0.6) is 0 Å². The van der Waals surface area contributed by atoms with E-state index in [9.17, 15) is 4.79 Å². The molecule has 0 aliphatic heterocycles. The molecule has 0 aromatic carbocycles. The third-order valence-corrected chi connectivity index (χ3v) is 2.13. The molecule has 4 nitrogen and oxygen atoms in total. The molecule has 0 saturated heterocycles. The van der Waals surface area contributed by atoms with Gasteiger partial charge < -0.3 is 5.73 Å². The molecular weight excluding hydrogens is 198 g/mol. The molecule has 1 aromatic heterocycles. The molecule has 0 spiro atoms. The lowest BCUT2D eigenvalue weighted by Gasteiger charge is -1.93. The smallest absolute Gasteiger partial charge is 0.220 e. The first-order valence-electron chi connectivity index (χ1n) is 4.07. The summed E-state index contributed by atoms with van der Waals surface area (Å²) in [6, 6.07) is 1.76. The topological polar surface area (TPSA) is 68.9 Å². The Morgan fingerprint density at radius 2 is 2.50 bits per heavy atom. The summed E-state index contributed by atoms with van der Waals surface area (Å²) in [4.78, 5) is 18.3. The Hall–Kier alpha value is -1.36. The Labute approximate surface area is 86.6 Å². The van der Waals surface area contributed by atoms with Crippen molar-refractivity contribution in [3.8, 4) is 0 Å². The highest BCUT2D eigenvalue weighted by molar-refractivity contribution is 8.13. The molecule has 1 aromatic rings. The van der Waals surface area contributed by atoms with Gasteiger partial charge in [0, 0.05) is 18.9 Å². The maximum absolute atomic E-state index is 10.6. The van der Waals surface area contributed by atoms with Crippen LogP contribution in [0.25, 0.3) is 6.08 Å². The van der Waals surface area contributed by atoms with Gasteiger partial charge >= 0.3 is 0 Å². The van der Waals surface area contributed by atoms with Crippen molar-refractivity contribution in [2.75, 3.05) is 11.5 Å². The van der Waals surface area contributed by atoms with E-state index in [-0.39, 0.29) is 11.1 Å². The highest BCUT2D eigenvalue weighted by Crippen LogP contribution is 2.04. The van der Waals surface area contributed by atoms with Crippen molar-refractivity contribution in [1.29, 1.82) is 0 Å². The first-order valence-corrected chi connectivity index (χ1v) is 5.05. The van der Waals surface area contributed by atoms with E-state index in [1.54, 1.807) is 19.2 Å². The second-order valence-corrected chi connectivity index (χ2v) is 3.74. The van der Waals surface area contributed by atoms with Gasteiger partial charge in [-0.25, -0.2) is 9.97 Å². The van der Waals surface area contributed by atoms with Gasteiger partial charge in [0.15, 0.2) is 5.12 Å². The number of hydrogen-bond acceptors (Lipinski definition) is 5. The van der Waals surface area contributed by atoms with Crippen LogP contribution in [0.1, 0.15) is 12.6 Å². The SMILES string of the molecule is CC(=O)SCC=Cc1ccnc(N)n1. The van der Waals surface area contributed by atoms with E-state index in [0.717, 1.165) is 5.69 Å². The summed E-state index contributed by atoms with van der Waals surface area (Å²) in [6.07, 6.45) is 5.28. The van der Waals surface area contributed by atoms with E-state index in [4.69, 9.17) is 5.73 Å². The minimum absolute atomic E-state index is 0.108. The number of rotatable bonds is 3. The van der Waals surface area contributed by atoms with Crippen LogP contribution >= 0.6 is 11.8 Å². The third-order valence-electron chi connectivity index (χ3n) is 1.37. The van der Waals surface area contributed by atoms with E-state index >= 15 is 0 Å². The van der Waals surface area contributed by atoms with Gasteiger partial charge in [-0.15, -0.1) is 0 Å². The van der Waals surface area contributed by atoms with Gasteiger partial charge in [-0.2, -0.15) is 0 Å². The Bertz CT molecular complexity index is 352. The number of nitrogens with zero attached hydrogens (tertiary/aromatic N) is 2. The van der Waals surface area contributed by atoms with Crippen LogP contribution in [0.2, 0.25) is 0 Å². The fourth-order valence-electron chi connectivity index (χ4n) is 0.816. The summed E-state index contributed by atoms with van der Waals surface area (Å²) in [6.45, 7) is 1.54. The Balaban J connectivity index is 2.47. The second-order valence-electron chi connectivity index (χ2n) is 2.54. The Morgan fingerprint density at radius 1 is 1.71 bits per heavy atom. The predicted molar refractivity (Wildman–Crippen MR) is 58.6 cm³/mol. The van der Waals surface area contributed by atoms with Gasteiger partial charge in [0.2, 0.25) is 5.95 Å². The summed E-state index contributed by atoms with van der Waals surface area (Å²) in [5.74, 6) is 0.908. The van der Waals surface area contributed by atoms with Crippen LogP contribution in [-0.2, 0) is 4.79 Å². The van der Waals surface area contributed by atoms with Crippen LogP contribution in [-0.4, -0.2) is 20.8 Å². The normalized spacial score (nSPS) is 10.6. The summed E-state index contributed by atoms with van der Waals surface area (Å²) < 4.78 is 0. The van der Waals surface area contributed by atoms with Crippen LogP contribution in [0.3, 0.4) is 0 Å². The van der Waals surface area contributed by atoms with Crippen molar-refractivity contribution in [1.82, 2.24) is 9.97 Å². The molecular formula is C9H11N3OS. The molecule has 0 fully saturated rings. The molecule has 0 atom stereocenters. The number of nitrogens with two attached hydrogens (primary N) is 1. The minimum Gasteiger partial charge on any atom is -0.368 e. The molecule has 0 unspecified atom stereocenters. The van der Waals surface area contributed by atoms with Crippen molar-refractivity contribution in [2.45, 2.75) is 6.92 Å². The number of carbonyl (C=O) groups excluding carboxylic acids is 1. The van der Waals surface area contributed by atoms with Crippen LogP contribution in [0, 0.1) is 0 Å². The fourth-order valence-corrected chi connectivity index (χ4v) is 1.24. The molecule has 0 aliphatic rings. The monoisotopic (exact) mass is 209 g/mol. The molecule has 0 radical (unpaired) electrons. The van der Waals surface area contributed by atoms with Gasteiger partial charge in [-0.05, 0) is 12.1 Å². The number of nitrogen functional groups attached to an aromatic ring is 1. The second kappa shape index (κ2) is 5.39. The zero-order valence-corrected chi connectivity index (χ0v) is 8.62.